The summed E-state index contributed by atoms with van der Waals surface area (Å²) in [6, 6.07) is 7.81. The van der Waals surface area contributed by atoms with E-state index in [1.54, 1.807) is 0 Å². The molecule has 0 aliphatic carbocycles. The normalized spacial score (nSPS) is 20.6. The zero-order valence-corrected chi connectivity index (χ0v) is 9.03. The summed E-state index contributed by atoms with van der Waals surface area (Å²) in [6.45, 7) is 0. The second kappa shape index (κ2) is 3.96. The van der Waals surface area contributed by atoms with Crippen LogP contribution in [0, 0.1) is 0 Å². The summed E-state index contributed by atoms with van der Waals surface area (Å²) in [7, 11) is 0. The molecule has 0 radical (unpaired) electrons. The van der Waals surface area contributed by atoms with E-state index in [0.29, 0.717) is 6.42 Å². The second-order valence-electron chi connectivity index (χ2n) is 3.15. The van der Waals surface area contributed by atoms with Crippen molar-refractivity contribution >= 4 is 21.7 Å². The topological polar surface area (TPSA) is 26.3 Å². The van der Waals surface area contributed by atoms with Crippen LogP contribution in [0.15, 0.2) is 41.1 Å². The minimum Gasteiger partial charge on any atom is -0.493 e. The first-order valence-electron chi connectivity index (χ1n) is 4.36. The molecule has 1 aliphatic rings. The SMILES string of the molecule is O=C1C=CO[C@@H](c2ccc(Br)cc2)C1. The van der Waals surface area contributed by atoms with E-state index < -0.39 is 0 Å². The predicted molar refractivity (Wildman–Crippen MR) is 56.7 cm³/mol. The number of halogens is 1. The van der Waals surface area contributed by atoms with Crippen molar-refractivity contribution in [1.29, 1.82) is 0 Å². The molecule has 0 N–H and O–H groups in total. The van der Waals surface area contributed by atoms with Crippen molar-refractivity contribution in [2.24, 2.45) is 0 Å². The number of benzene rings is 1. The van der Waals surface area contributed by atoms with Crippen molar-refractivity contribution in [2.45, 2.75) is 12.5 Å². The summed E-state index contributed by atoms with van der Waals surface area (Å²) >= 11 is 3.36. The van der Waals surface area contributed by atoms with Gasteiger partial charge in [-0.05, 0) is 17.7 Å². The van der Waals surface area contributed by atoms with Crippen LogP contribution in [0.3, 0.4) is 0 Å². The number of ketones is 1. The zero-order chi connectivity index (χ0) is 9.97. The van der Waals surface area contributed by atoms with Crippen LogP contribution < -0.4 is 0 Å². The highest BCUT2D eigenvalue weighted by Gasteiger charge is 2.18. The maximum Gasteiger partial charge on any atom is 0.162 e. The molecule has 1 aromatic rings. The maximum absolute atomic E-state index is 11.1. The summed E-state index contributed by atoms with van der Waals surface area (Å²) in [4.78, 5) is 11.1. The highest BCUT2D eigenvalue weighted by molar-refractivity contribution is 9.10. The number of carbonyl (C=O) groups excluding carboxylic acids is 1. The van der Waals surface area contributed by atoms with Crippen molar-refractivity contribution < 1.29 is 9.53 Å². The fourth-order valence-electron chi connectivity index (χ4n) is 1.38. The van der Waals surface area contributed by atoms with Gasteiger partial charge in [0.25, 0.3) is 0 Å². The van der Waals surface area contributed by atoms with Gasteiger partial charge in [0.1, 0.15) is 6.10 Å². The lowest BCUT2D eigenvalue weighted by atomic mass is 10.0. The number of carbonyl (C=O) groups is 1. The third-order valence-electron chi connectivity index (χ3n) is 2.13. The first-order chi connectivity index (χ1) is 6.75. The zero-order valence-electron chi connectivity index (χ0n) is 7.44. The molecular formula is C11H9BrO2. The highest BCUT2D eigenvalue weighted by Crippen LogP contribution is 2.26. The van der Waals surface area contributed by atoms with E-state index in [0.717, 1.165) is 10.0 Å². The van der Waals surface area contributed by atoms with Crippen LogP contribution in [-0.2, 0) is 9.53 Å². The first kappa shape index (κ1) is 9.46. The quantitative estimate of drug-likeness (QED) is 0.769. The van der Waals surface area contributed by atoms with E-state index in [1.165, 1.54) is 12.3 Å². The van der Waals surface area contributed by atoms with Crippen LogP contribution in [0.4, 0.5) is 0 Å². The van der Waals surface area contributed by atoms with Gasteiger partial charge in [0, 0.05) is 10.5 Å². The van der Waals surface area contributed by atoms with Crippen molar-refractivity contribution in [3.05, 3.63) is 46.6 Å². The van der Waals surface area contributed by atoms with Crippen molar-refractivity contribution in [2.75, 3.05) is 0 Å². The van der Waals surface area contributed by atoms with Gasteiger partial charge in [0.15, 0.2) is 5.78 Å². The van der Waals surface area contributed by atoms with Gasteiger partial charge < -0.3 is 4.74 Å². The van der Waals surface area contributed by atoms with E-state index in [-0.39, 0.29) is 11.9 Å². The molecule has 0 fully saturated rings. The van der Waals surface area contributed by atoms with Crippen LogP contribution in [-0.4, -0.2) is 5.78 Å². The molecule has 0 aromatic heterocycles. The number of allylic oxidation sites excluding steroid dienone is 1. The Kier molecular flexibility index (Phi) is 2.68. The van der Waals surface area contributed by atoms with E-state index in [9.17, 15) is 4.79 Å². The van der Waals surface area contributed by atoms with Gasteiger partial charge in [-0.2, -0.15) is 0 Å². The summed E-state index contributed by atoms with van der Waals surface area (Å²) < 4.78 is 6.38. The van der Waals surface area contributed by atoms with Gasteiger partial charge >= 0.3 is 0 Å². The van der Waals surface area contributed by atoms with Gasteiger partial charge in [0.2, 0.25) is 0 Å². The van der Waals surface area contributed by atoms with Crippen LogP contribution in [0.2, 0.25) is 0 Å². The molecule has 3 heteroatoms. The van der Waals surface area contributed by atoms with E-state index >= 15 is 0 Å². The molecule has 1 aromatic carbocycles. The molecule has 1 heterocycles. The largest absolute Gasteiger partial charge is 0.493 e. The molecule has 0 spiro atoms. The summed E-state index contributed by atoms with van der Waals surface area (Å²) in [6.07, 6.45) is 3.24. The van der Waals surface area contributed by atoms with Crippen LogP contribution in [0.5, 0.6) is 0 Å². The van der Waals surface area contributed by atoms with E-state index in [2.05, 4.69) is 15.9 Å². The molecule has 0 amide bonds. The van der Waals surface area contributed by atoms with Crippen molar-refractivity contribution in [3.63, 3.8) is 0 Å². The van der Waals surface area contributed by atoms with Gasteiger partial charge in [0.05, 0.1) is 12.7 Å². The Morgan fingerprint density at radius 1 is 1.29 bits per heavy atom. The molecule has 0 bridgehead atoms. The number of hydrogen-bond acceptors (Lipinski definition) is 2. The van der Waals surface area contributed by atoms with Gasteiger partial charge in [-0.15, -0.1) is 0 Å². The molecule has 0 unspecified atom stereocenters. The Hall–Kier alpha value is -1.09. The van der Waals surface area contributed by atoms with Gasteiger partial charge in [-0.25, -0.2) is 0 Å². The van der Waals surface area contributed by atoms with E-state index in [1.807, 2.05) is 24.3 Å². The Labute approximate surface area is 90.7 Å². The Balaban J connectivity index is 2.19. The lowest BCUT2D eigenvalue weighted by Crippen LogP contribution is -2.10. The molecule has 1 atom stereocenters. The summed E-state index contributed by atoms with van der Waals surface area (Å²) in [5.74, 6) is 0.115. The van der Waals surface area contributed by atoms with E-state index in [4.69, 9.17) is 4.74 Å². The van der Waals surface area contributed by atoms with Crippen molar-refractivity contribution in [1.82, 2.24) is 0 Å². The average Bonchev–Trinajstić information content (AvgIpc) is 2.19. The lowest BCUT2D eigenvalue weighted by Gasteiger charge is -2.18. The number of hydrogen-bond donors (Lipinski definition) is 0. The Morgan fingerprint density at radius 3 is 2.64 bits per heavy atom. The maximum atomic E-state index is 11.1. The molecule has 14 heavy (non-hydrogen) atoms. The fraction of sp³-hybridized carbons (Fsp3) is 0.182. The Morgan fingerprint density at radius 2 is 2.00 bits per heavy atom. The Bertz CT molecular complexity index is 367. The molecule has 72 valence electrons. The molecule has 2 rings (SSSR count). The number of ether oxygens (including phenoxy) is 1. The average molecular weight is 253 g/mol. The minimum absolute atomic E-state index is 0.115. The van der Waals surface area contributed by atoms with Gasteiger partial charge in [-0.3, -0.25) is 4.79 Å². The third kappa shape index (κ3) is 2.04. The van der Waals surface area contributed by atoms with Crippen LogP contribution in [0.25, 0.3) is 0 Å². The standard InChI is InChI=1S/C11H9BrO2/c12-9-3-1-8(2-4-9)11-7-10(13)5-6-14-11/h1-6,11H,7H2/t11-/m1/s1. The summed E-state index contributed by atoms with van der Waals surface area (Å²) in [5.41, 5.74) is 1.03. The molecule has 0 saturated heterocycles. The predicted octanol–water partition coefficient (Wildman–Crippen LogP) is 2.99. The third-order valence-corrected chi connectivity index (χ3v) is 2.65. The van der Waals surface area contributed by atoms with Crippen LogP contribution >= 0.6 is 15.9 Å². The number of rotatable bonds is 1. The first-order valence-corrected chi connectivity index (χ1v) is 5.15. The lowest BCUT2D eigenvalue weighted by molar-refractivity contribution is -0.118. The molecule has 1 aliphatic heterocycles. The van der Waals surface area contributed by atoms with Crippen molar-refractivity contribution in [3.8, 4) is 0 Å². The molecular weight excluding hydrogens is 244 g/mol. The van der Waals surface area contributed by atoms with Crippen LogP contribution in [0.1, 0.15) is 18.1 Å². The van der Waals surface area contributed by atoms with Gasteiger partial charge in [-0.1, -0.05) is 28.1 Å². The molecule has 0 saturated carbocycles. The smallest absolute Gasteiger partial charge is 0.162 e. The highest BCUT2D eigenvalue weighted by atomic mass is 79.9. The fourth-order valence-corrected chi connectivity index (χ4v) is 1.65. The summed E-state index contributed by atoms with van der Waals surface area (Å²) in [5, 5.41) is 0. The molecule has 2 nitrogen and oxygen atoms in total. The second-order valence-corrected chi connectivity index (χ2v) is 4.07. The minimum atomic E-state index is -0.124. The monoisotopic (exact) mass is 252 g/mol.